The molecule has 0 aliphatic heterocycles. The van der Waals surface area contributed by atoms with Gasteiger partial charge < -0.3 is 11.1 Å². The van der Waals surface area contributed by atoms with Crippen molar-refractivity contribution in [2.45, 2.75) is 19.9 Å². The molecule has 8 nitrogen and oxygen atoms in total. The van der Waals surface area contributed by atoms with Crippen molar-refractivity contribution < 1.29 is 4.79 Å². The van der Waals surface area contributed by atoms with Gasteiger partial charge in [0.05, 0.1) is 6.20 Å². The monoisotopic (exact) mass is 235 g/mol. The van der Waals surface area contributed by atoms with Crippen molar-refractivity contribution in [3.05, 3.63) is 18.1 Å². The summed E-state index contributed by atoms with van der Waals surface area (Å²) in [5.74, 6) is 0.295. The van der Waals surface area contributed by atoms with Crippen molar-refractivity contribution >= 4 is 17.7 Å². The molecule has 8 heteroatoms. The Morgan fingerprint density at radius 1 is 1.59 bits per heavy atom. The van der Waals surface area contributed by atoms with Gasteiger partial charge in [-0.2, -0.15) is 10.1 Å². The molecule has 0 spiro atoms. The van der Waals surface area contributed by atoms with Gasteiger partial charge in [-0.1, -0.05) is 0 Å². The highest BCUT2D eigenvalue weighted by Gasteiger charge is 2.14. The van der Waals surface area contributed by atoms with Crippen molar-refractivity contribution in [3.8, 4) is 0 Å². The average molecular weight is 235 g/mol. The van der Waals surface area contributed by atoms with Gasteiger partial charge in [0.1, 0.15) is 5.82 Å². The van der Waals surface area contributed by atoms with E-state index in [4.69, 9.17) is 5.73 Å². The lowest BCUT2D eigenvalue weighted by atomic mass is 10.4. The van der Waals surface area contributed by atoms with Crippen LogP contribution in [0, 0.1) is 0 Å². The number of anilines is 2. The van der Waals surface area contributed by atoms with Crippen molar-refractivity contribution in [2.24, 2.45) is 0 Å². The Bertz CT molecular complexity index is 527. The molecule has 2 heterocycles. The second kappa shape index (κ2) is 4.24. The minimum atomic E-state index is -0.406. The second-order valence-corrected chi connectivity index (χ2v) is 3.75. The molecule has 1 amide bonds. The van der Waals surface area contributed by atoms with E-state index in [2.05, 4.69) is 25.6 Å². The first-order valence-corrected chi connectivity index (χ1v) is 5.10. The number of nitrogens with zero attached hydrogens (tertiary/aromatic N) is 4. The molecule has 0 saturated carbocycles. The van der Waals surface area contributed by atoms with E-state index in [0.717, 1.165) is 0 Å². The highest BCUT2D eigenvalue weighted by Crippen LogP contribution is 2.13. The van der Waals surface area contributed by atoms with E-state index in [1.807, 2.05) is 13.8 Å². The maximum atomic E-state index is 11.8. The van der Waals surface area contributed by atoms with Crippen LogP contribution in [0.3, 0.4) is 0 Å². The summed E-state index contributed by atoms with van der Waals surface area (Å²) in [6.07, 6.45) is 1.62. The number of aromatic amines is 1. The molecular formula is C9H13N7O. The molecule has 0 aromatic carbocycles. The first-order chi connectivity index (χ1) is 8.08. The number of carbonyl (C=O) groups excluding carboxylic acids is 1. The number of hydrogen-bond acceptors (Lipinski definition) is 5. The summed E-state index contributed by atoms with van der Waals surface area (Å²) in [4.78, 5) is 15.5. The molecule has 0 bridgehead atoms. The van der Waals surface area contributed by atoms with Crippen molar-refractivity contribution in [3.63, 3.8) is 0 Å². The molecule has 0 atom stereocenters. The fourth-order valence-electron chi connectivity index (χ4n) is 1.38. The lowest BCUT2D eigenvalue weighted by Gasteiger charge is -2.10. The number of rotatable bonds is 3. The minimum Gasteiger partial charge on any atom is -0.366 e. The van der Waals surface area contributed by atoms with E-state index in [1.54, 1.807) is 16.9 Å². The Balaban J connectivity index is 2.16. The zero-order valence-electron chi connectivity index (χ0n) is 9.51. The third-order valence-electron chi connectivity index (χ3n) is 2.12. The van der Waals surface area contributed by atoms with E-state index >= 15 is 0 Å². The van der Waals surface area contributed by atoms with Crippen LogP contribution < -0.4 is 11.1 Å². The third-order valence-corrected chi connectivity index (χ3v) is 2.12. The normalized spacial score (nSPS) is 10.8. The van der Waals surface area contributed by atoms with Crippen LogP contribution in [0.5, 0.6) is 0 Å². The summed E-state index contributed by atoms with van der Waals surface area (Å²) in [6, 6.07) is 1.86. The van der Waals surface area contributed by atoms with E-state index in [0.29, 0.717) is 5.82 Å². The Labute approximate surface area is 97.2 Å². The number of aromatic nitrogens is 5. The topological polar surface area (TPSA) is 115 Å². The van der Waals surface area contributed by atoms with E-state index < -0.39 is 5.91 Å². The molecule has 0 saturated heterocycles. The lowest BCUT2D eigenvalue weighted by molar-refractivity contribution is 0.101. The van der Waals surface area contributed by atoms with E-state index in [-0.39, 0.29) is 17.8 Å². The van der Waals surface area contributed by atoms with Gasteiger partial charge in [0.25, 0.3) is 5.91 Å². The van der Waals surface area contributed by atoms with Gasteiger partial charge in [-0.25, -0.2) is 4.68 Å². The molecule has 2 rings (SSSR count). The van der Waals surface area contributed by atoms with Crippen LogP contribution in [0.1, 0.15) is 30.5 Å². The summed E-state index contributed by atoms with van der Waals surface area (Å²) in [7, 11) is 0. The molecule has 0 aliphatic rings. The quantitative estimate of drug-likeness (QED) is 0.713. The standard InChI is InChI=1S/C9H13N7O/c1-5(2)16-6(3-4-11-16)12-8(17)7-13-9(10)15-14-7/h3-5H,1-2H3,(H,12,17)(H3,10,13,14,15). The maximum absolute atomic E-state index is 11.8. The van der Waals surface area contributed by atoms with Gasteiger partial charge in [0.2, 0.25) is 11.8 Å². The Morgan fingerprint density at radius 2 is 2.35 bits per heavy atom. The number of nitrogens with two attached hydrogens (primary N) is 1. The van der Waals surface area contributed by atoms with Crippen LogP contribution in [0.15, 0.2) is 12.3 Å². The summed E-state index contributed by atoms with van der Waals surface area (Å²) >= 11 is 0. The zero-order chi connectivity index (χ0) is 12.4. The predicted octanol–water partition coefficient (Wildman–Crippen LogP) is 0.417. The summed E-state index contributed by atoms with van der Waals surface area (Å²) < 4.78 is 1.69. The fourth-order valence-corrected chi connectivity index (χ4v) is 1.38. The zero-order valence-corrected chi connectivity index (χ0v) is 9.51. The Morgan fingerprint density at radius 3 is 2.94 bits per heavy atom. The highest BCUT2D eigenvalue weighted by molar-refractivity contribution is 6.01. The summed E-state index contributed by atoms with van der Waals surface area (Å²) in [5, 5.41) is 12.8. The van der Waals surface area contributed by atoms with Crippen molar-refractivity contribution in [1.82, 2.24) is 25.0 Å². The lowest BCUT2D eigenvalue weighted by Crippen LogP contribution is -2.18. The molecule has 4 N–H and O–H groups in total. The molecule has 0 fully saturated rings. The maximum Gasteiger partial charge on any atom is 0.294 e. The summed E-state index contributed by atoms with van der Waals surface area (Å²) in [6.45, 7) is 3.93. The molecule has 2 aromatic heterocycles. The number of nitrogen functional groups attached to an aromatic ring is 1. The minimum absolute atomic E-state index is 0.0347. The van der Waals surface area contributed by atoms with Crippen LogP contribution in [0.4, 0.5) is 11.8 Å². The van der Waals surface area contributed by atoms with Gasteiger partial charge in [-0.05, 0) is 13.8 Å². The predicted molar refractivity (Wildman–Crippen MR) is 61.4 cm³/mol. The molecule has 0 aliphatic carbocycles. The Hall–Kier alpha value is -2.38. The SMILES string of the molecule is CC(C)n1nccc1NC(=O)c1nc(N)n[nH]1. The fraction of sp³-hybridized carbons (Fsp3) is 0.333. The number of H-pyrrole nitrogens is 1. The van der Waals surface area contributed by atoms with Crippen molar-refractivity contribution in [2.75, 3.05) is 11.1 Å². The number of amides is 1. The molecule has 0 radical (unpaired) electrons. The van der Waals surface area contributed by atoms with Crippen LogP contribution in [-0.4, -0.2) is 30.9 Å². The van der Waals surface area contributed by atoms with Gasteiger partial charge in [-0.15, -0.1) is 5.10 Å². The second-order valence-electron chi connectivity index (χ2n) is 3.75. The van der Waals surface area contributed by atoms with Crippen LogP contribution in [0.25, 0.3) is 0 Å². The molecule has 17 heavy (non-hydrogen) atoms. The van der Waals surface area contributed by atoms with Gasteiger partial charge in [-0.3, -0.25) is 9.89 Å². The molecule has 0 unspecified atom stereocenters. The molecule has 2 aromatic rings. The summed E-state index contributed by atoms with van der Waals surface area (Å²) in [5.41, 5.74) is 5.32. The van der Waals surface area contributed by atoms with Crippen LogP contribution >= 0.6 is 0 Å². The van der Waals surface area contributed by atoms with Crippen LogP contribution in [0.2, 0.25) is 0 Å². The number of carbonyl (C=O) groups is 1. The van der Waals surface area contributed by atoms with Gasteiger partial charge >= 0.3 is 0 Å². The first kappa shape index (κ1) is 11.1. The van der Waals surface area contributed by atoms with E-state index in [9.17, 15) is 4.79 Å². The Kier molecular flexibility index (Phi) is 2.77. The smallest absolute Gasteiger partial charge is 0.294 e. The highest BCUT2D eigenvalue weighted by atomic mass is 16.2. The molecular weight excluding hydrogens is 222 g/mol. The average Bonchev–Trinajstić information content (AvgIpc) is 2.86. The van der Waals surface area contributed by atoms with E-state index in [1.165, 1.54) is 0 Å². The molecule has 90 valence electrons. The third kappa shape index (κ3) is 2.25. The number of hydrogen-bond donors (Lipinski definition) is 3. The van der Waals surface area contributed by atoms with Gasteiger partial charge in [0.15, 0.2) is 0 Å². The van der Waals surface area contributed by atoms with Crippen LogP contribution in [-0.2, 0) is 0 Å². The van der Waals surface area contributed by atoms with Crippen molar-refractivity contribution in [1.29, 1.82) is 0 Å². The first-order valence-electron chi connectivity index (χ1n) is 5.10. The largest absolute Gasteiger partial charge is 0.366 e. The number of nitrogens with one attached hydrogen (secondary N) is 2. The van der Waals surface area contributed by atoms with Gasteiger partial charge in [0, 0.05) is 12.1 Å².